The molecule has 64 heavy (non-hydrogen) atoms. The van der Waals surface area contributed by atoms with Gasteiger partial charge in [-0.15, -0.1) is 0 Å². The summed E-state index contributed by atoms with van der Waals surface area (Å²) in [6, 6.07) is 0. The maximum Gasteiger partial charge on any atom is 0.306 e. The van der Waals surface area contributed by atoms with Gasteiger partial charge in [0.2, 0.25) is 0 Å². The van der Waals surface area contributed by atoms with E-state index in [2.05, 4.69) is 45.1 Å². The van der Waals surface area contributed by atoms with E-state index in [-0.39, 0.29) is 31.1 Å². The van der Waals surface area contributed by atoms with Crippen LogP contribution < -0.4 is 0 Å². The number of unbranched alkanes of at least 4 members (excludes halogenated alkanes) is 37. The molecule has 376 valence electrons. The summed E-state index contributed by atoms with van der Waals surface area (Å²) in [5.41, 5.74) is 0. The first-order chi connectivity index (χ1) is 31.5. The summed E-state index contributed by atoms with van der Waals surface area (Å²) >= 11 is 0. The molecule has 1 unspecified atom stereocenters. The Labute approximate surface area is 398 Å². The van der Waals surface area contributed by atoms with Crippen LogP contribution in [0.5, 0.6) is 0 Å². The summed E-state index contributed by atoms with van der Waals surface area (Å²) in [5, 5.41) is 0. The van der Waals surface area contributed by atoms with Gasteiger partial charge in [-0.2, -0.15) is 0 Å². The quantitative estimate of drug-likeness (QED) is 0.0262. The Kier molecular flexibility index (Phi) is 51.7. The zero-order valence-electron chi connectivity index (χ0n) is 43.1. The number of carbonyl (C=O) groups is 3. The number of esters is 3. The predicted molar refractivity (Wildman–Crippen MR) is 275 cm³/mol. The van der Waals surface area contributed by atoms with Gasteiger partial charge in [0, 0.05) is 19.3 Å². The SMILES string of the molecule is CCCCCC/C=C\C/C=C\CCCCCCCC(=O)OCC(COC(=O)CCCCCCCCCCCCCCCCC)OC(=O)CCCCCCCCCCCCCCCCC. The van der Waals surface area contributed by atoms with Crippen LogP contribution in [-0.4, -0.2) is 37.2 Å². The first-order valence-corrected chi connectivity index (χ1v) is 28.3. The van der Waals surface area contributed by atoms with Crippen LogP contribution in [0, 0.1) is 0 Å². The van der Waals surface area contributed by atoms with Gasteiger partial charge in [-0.25, -0.2) is 0 Å². The second-order valence-corrected chi connectivity index (χ2v) is 19.2. The van der Waals surface area contributed by atoms with E-state index in [1.807, 2.05) is 0 Å². The fourth-order valence-corrected chi connectivity index (χ4v) is 8.42. The highest BCUT2D eigenvalue weighted by Gasteiger charge is 2.19. The maximum atomic E-state index is 12.8. The van der Waals surface area contributed by atoms with Crippen LogP contribution in [0.2, 0.25) is 0 Å². The van der Waals surface area contributed by atoms with Gasteiger partial charge < -0.3 is 14.2 Å². The van der Waals surface area contributed by atoms with Crippen LogP contribution in [0.3, 0.4) is 0 Å². The van der Waals surface area contributed by atoms with E-state index in [1.165, 1.54) is 193 Å². The van der Waals surface area contributed by atoms with E-state index in [4.69, 9.17) is 14.2 Å². The number of hydrogen-bond donors (Lipinski definition) is 0. The van der Waals surface area contributed by atoms with Crippen LogP contribution in [0.4, 0.5) is 0 Å². The molecule has 0 N–H and O–H groups in total. The molecule has 0 radical (unpaired) electrons. The smallest absolute Gasteiger partial charge is 0.306 e. The molecule has 0 heterocycles. The highest BCUT2D eigenvalue weighted by molar-refractivity contribution is 5.71. The van der Waals surface area contributed by atoms with Crippen molar-refractivity contribution in [3.05, 3.63) is 24.3 Å². The molecule has 0 aromatic rings. The highest BCUT2D eigenvalue weighted by atomic mass is 16.6. The zero-order chi connectivity index (χ0) is 46.5. The molecule has 0 saturated carbocycles. The third kappa shape index (κ3) is 50.9. The lowest BCUT2D eigenvalue weighted by molar-refractivity contribution is -0.167. The molecule has 0 bridgehead atoms. The summed E-state index contributed by atoms with van der Waals surface area (Å²) in [4.78, 5) is 38.1. The average molecular weight is 901 g/mol. The molecule has 0 aliphatic rings. The van der Waals surface area contributed by atoms with Crippen molar-refractivity contribution >= 4 is 17.9 Å². The topological polar surface area (TPSA) is 78.9 Å². The van der Waals surface area contributed by atoms with Gasteiger partial charge in [0.1, 0.15) is 13.2 Å². The van der Waals surface area contributed by atoms with E-state index in [9.17, 15) is 14.4 Å². The Morgan fingerprint density at radius 3 is 0.875 bits per heavy atom. The number of allylic oxidation sites excluding steroid dienone is 4. The second-order valence-electron chi connectivity index (χ2n) is 19.2. The van der Waals surface area contributed by atoms with Crippen molar-refractivity contribution in [2.45, 2.75) is 316 Å². The standard InChI is InChI=1S/C58H108O6/c1-4-7-10-13-16-19-22-25-28-31-33-36-39-42-45-48-51-57(60)63-54-55(64-58(61)52-49-46-43-40-37-34-30-27-24-21-18-15-12-9-6-3)53-62-56(59)50-47-44-41-38-35-32-29-26-23-20-17-14-11-8-5-2/h19,22,28,31,55H,4-18,20-21,23-27,29-30,32-54H2,1-3H3/b22-19-,31-28-. The van der Waals surface area contributed by atoms with Gasteiger partial charge in [0.25, 0.3) is 0 Å². The lowest BCUT2D eigenvalue weighted by Gasteiger charge is -2.18. The van der Waals surface area contributed by atoms with Crippen molar-refractivity contribution in [2.75, 3.05) is 13.2 Å². The lowest BCUT2D eigenvalue weighted by Crippen LogP contribution is -2.30. The molecule has 0 aliphatic heterocycles. The second kappa shape index (κ2) is 53.5. The van der Waals surface area contributed by atoms with Gasteiger partial charge >= 0.3 is 17.9 Å². The molecule has 1 atom stereocenters. The normalized spacial score (nSPS) is 12.1. The van der Waals surface area contributed by atoms with Gasteiger partial charge in [-0.05, 0) is 51.4 Å². The van der Waals surface area contributed by atoms with Crippen molar-refractivity contribution in [2.24, 2.45) is 0 Å². The first-order valence-electron chi connectivity index (χ1n) is 28.3. The summed E-state index contributed by atoms with van der Waals surface area (Å²) in [5.74, 6) is -0.864. The van der Waals surface area contributed by atoms with E-state index in [0.717, 1.165) is 77.0 Å². The molecule has 6 nitrogen and oxygen atoms in total. The number of rotatable bonds is 52. The Morgan fingerprint density at radius 1 is 0.312 bits per heavy atom. The predicted octanol–water partition coefficient (Wildman–Crippen LogP) is 18.7. The van der Waals surface area contributed by atoms with Crippen molar-refractivity contribution in [3.8, 4) is 0 Å². The molecule has 0 saturated heterocycles. The fraction of sp³-hybridized carbons (Fsp3) is 0.879. The molecular weight excluding hydrogens is 793 g/mol. The van der Waals surface area contributed by atoms with E-state index in [0.29, 0.717) is 19.3 Å². The minimum atomic E-state index is -0.771. The molecule has 0 aliphatic carbocycles. The minimum absolute atomic E-state index is 0.0702. The summed E-state index contributed by atoms with van der Waals surface area (Å²) < 4.78 is 16.9. The van der Waals surface area contributed by atoms with Gasteiger partial charge in [0.05, 0.1) is 0 Å². The van der Waals surface area contributed by atoms with Crippen LogP contribution >= 0.6 is 0 Å². The average Bonchev–Trinajstić information content (AvgIpc) is 3.29. The molecule has 6 heteroatoms. The summed E-state index contributed by atoms with van der Waals surface area (Å²) in [7, 11) is 0. The van der Waals surface area contributed by atoms with Gasteiger partial charge in [-0.3, -0.25) is 14.4 Å². The van der Waals surface area contributed by atoms with Crippen LogP contribution in [0.15, 0.2) is 24.3 Å². The van der Waals surface area contributed by atoms with Crippen molar-refractivity contribution in [3.63, 3.8) is 0 Å². The van der Waals surface area contributed by atoms with Crippen LogP contribution in [0.1, 0.15) is 310 Å². The van der Waals surface area contributed by atoms with E-state index >= 15 is 0 Å². The van der Waals surface area contributed by atoms with Gasteiger partial charge in [-0.1, -0.05) is 263 Å². The van der Waals surface area contributed by atoms with Crippen molar-refractivity contribution in [1.29, 1.82) is 0 Å². The largest absolute Gasteiger partial charge is 0.462 e. The Hall–Kier alpha value is -2.11. The third-order valence-corrected chi connectivity index (χ3v) is 12.7. The molecule has 0 amide bonds. The Bertz CT molecular complexity index is 1040. The number of hydrogen-bond acceptors (Lipinski definition) is 6. The van der Waals surface area contributed by atoms with E-state index < -0.39 is 6.10 Å². The van der Waals surface area contributed by atoms with E-state index in [1.54, 1.807) is 0 Å². The Morgan fingerprint density at radius 2 is 0.562 bits per heavy atom. The van der Waals surface area contributed by atoms with Crippen LogP contribution in [-0.2, 0) is 28.6 Å². The fourth-order valence-electron chi connectivity index (χ4n) is 8.42. The highest BCUT2D eigenvalue weighted by Crippen LogP contribution is 2.17. The van der Waals surface area contributed by atoms with Crippen molar-refractivity contribution < 1.29 is 28.6 Å². The molecule has 0 aromatic heterocycles. The summed E-state index contributed by atoms with van der Waals surface area (Å²) in [6.07, 6.45) is 61.6. The monoisotopic (exact) mass is 901 g/mol. The first kappa shape index (κ1) is 61.9. The van der Waals surface area contributed by atoms with Crippen LogP contribution in [0.25, 0.3) is 0 Å². The van der Waals surface area contributed by atoms with Crippen molar-refractivity contribution in [1.82, 2.24) is 0 Å². The number of ether oxygens (including phenoxy) is 3. The third-order valence-electron chi connectivity index (χ3n) is 12.7. The number of carbonyl (C=O) groups excluding carboxylic acids is 3. The summed E-state index contributed by atoms with van der Waals surface area (Å²) in [6.45, 7) is 6.66. The molecule has 0 rings (SSSR count). The van der Waals surface area contributed by atoms with Gasteiger partial charge in [0.15, 0.2) is 6.10 Å². The molecular formula is C58H108O6. The molecule has 0 aromatic carbocycles. The zero-order valence-corrected chi connectivity index (χ0v) is 43.1. The molecule has 0 fully saturated rings. The lowest BCUT2D eigenvalue weighted by atomic mass is 10.0. The maximum absolute atomic E-state index is 12.8. The Balaban J connectivity index is 4.35. The minimum Gasteiger partial charge on any atom is -0.462 e. The molecule has 0 spiro atoms.